The van der Waals surface area contributed by atoms with Crippen LogP contribution in [0.4, 0.5) is 0 Å². The summed E-state index contributed by atoms with van der Waals surface area (Å²) in [7, 11) is 1.71. The number of ether oxygens (including phenoxy) is 1. The fourth-order valence-electron chi connectivity index (χ4n) is 4.36. The van der Waals surface area contributed by atoms with Crippen molar-refractivity contribution in [3.63, 3.8) is 0 Å². The minimum absolute atomic E-state index is 0.270. The highest BCUT2D eigenvalue weighted by Gasteiger charge is 2.28. The lowest BCUT2D eigenvalue weighted by Crippen LogP contribution is -2.36. The lowest BCUT2D eigenvalue weighted by molar-refractivity contribution is -0.132. The summed E-state index contributed by atoms with van der Waals surface area (Å²) in [5.74, 6) is 1.87. The number of aryl methyl sites for hydroxylation is 1. The molecule has 0 radical (unpaired) electrons. The standard InChI is InChI=1S/C22H30N2O2/c1-3-12-23(14-16-8-9-16)22(25)15-24-20-7-5-4-6-18(20)19-11-10-17(26-2)13-21(19)24/h10-11,13,16H,3-9,12,14-15H2,1-2H3. The smallest absolute Gasteiger partial charge is 0.242 e. The van der Waals surface area contributed by atoms with E-state index < -0.39 is 0 Å². The molecule has 0 aliphatic heterocycles. The minimum atomic E-state index is 0.270. The van der Waals surface area contributed by atoms with Crippen LogP contribution in [0.3, 0.4) is 0 Å². The number of benzene rings is 1. The molecule has 4 nitrogen and oxygen atoms in total. The maximum absolute atomic E-state index is 13.1. The molecule has 2 aliphatic rings. The van der Waals surface area contributed by atoms with Gasteiger partial charge in [0.05, 0.1) is 12.6 Å². The van der Waals surface area contributed by atoms with Gasteiger partial charge in [-0.05, 0) is 68.6 Å². The van der Waals surface area contributed by atoms with Crippen molar-refractivity contribution in [3.05, 3.63) is 29.5 Å². The van der Waals surface area contributed by atoms with Gasteiger partial charge in [0.1, 0.15) is 12.3 Å². The molecule has 1 saturated carbocycles. The van der Waals surface area contributed by atoms with E-state index in [0.717, 1.165) is 49.5 Å². The first-order valence-electron chi connectivity index (χ1n) is 10.2. The molecule has 0 unspecified atom stereocenters. The number of fused-ring (bicyclic) bond motifs is 3. The molecule has 1 aromatic heterocycles. The lowest BCUT2D eigenvalue weighted by atomic mass is 9.95. The number of hydrogen-bond acceptors (Lipinski definition) is 2. The molecule has 1 heterocycles. The Kier molecular flexibility index (Phi) is 4.92. The van der Waals surface area contributed by atoms with Crippen LogP contribution in [0.2, 0.25) is 0 Å². The van der Waals surface area contributed by atoms with Crippen LogP contribution in [0.15, 0.2) is 18.2 Å². The molecule has 2 aliphatic carbocycles. The van der Waals surface area contributed by atoms with Crippen molar-refractivity contribution in [1.82, 2.24) is 9.47 Å². The first kappa shape index (κ1) is 17.4. The summed E-state index contributed by atoms with van der Waals surface area (Å²) in [6, 6.07) is 6.32. The molecule has 0 atom stereocenters. The van der Waals surface area contributed by atoms with Crippen molar-refractivity contribution in [1.29, 1.82) is 0 Å². The highest BCUT2D eigenvalue weighted by molar-refractivity contribution is 5.89. The van der Waals surface area contributed by atoms with Crippen LogP contribution in [0, 0.1) is 5.92 Å². The molecule has 0 bridgehead atoms. The van der Waals surface area contributed by atoms with Gasteiger partial charge >= 0.3 is 0 Å². The molecule has 2 aromatic rings. The zero-order valence-electron chi connectivity index (χ0n) is 16.1. The summed E-state index contributed by atoms with van der Waals surface area (Å²) in [5.41, 5.74) is 3.98. The molecular formula is C22H30N2O2. The Morgan fingerprint density at radius 1 is 1.27 bits per heavy atom. The van der Waals surface area contributed by atoms with E-state index in [4.69, 9.17) is 4.74 Å². The topological polar surface area (TPSA) is 34.5 Å². The summed E-state index contributed by atoms with van der Waals surface area (Å²) in [5, 5.41) is 1.30. The molecule has 4 heteroatoms. The third-order valence-corrected chi connectivity index (χ3v) is 5.90. The van der Waals surface area contributed by atoms with Gasteiger partial charge in [-0.25, -0.2) is 0 Å². The van der Waals surface area contributed by atoms with Crippen molar-refractivity contribution in [2.24, 2.45) is 5.92 Å². The maximum Gasteiger partial charge on any atom is 0.242 e. The third-order valence-electron chi connectivity index (χ3n) is 5.90. The van der Waals surface area contributed by atoms with E-state index in [1.807, 2.05) is 6.07 Å². The summed E-state index contributed by atoms with van der Waals surface area (Å²) in [4.78, 5) is 15.2. The van der Waals surface area contributed by atoms with Gasteiger partial charge in [0.2, 0.25) is 5.91 Å². The van der Waals surface area contributed by atoms with Gasteiger partial charge < -0.3 is 14.2 Å². The Labute approximate surface area is 156 Å². The number of methoxy groups -OCH3 is 1. The fraction of sp³-hybridized carbons (Fsp3) is 0.591. The molecule has 140 valence electrons. The van der Waals surface area contributed by atoms with E-state index in [-0.39, 0.29) is 5.91 Å². The number of carbonyl (C=O) groups excluding carboxylic acids is 1. The number of hydrogen-bond donors (Lipinski definition) is 0. The van der Waals surface area contributed by atoms with Crippen LogP contribution in [0.25, 0.3) is 10.9 Å². The van der Waals surface area contributed by atoms with Gasteiger partial charge in [0.25, 0.3) is 0 Å². The van der Waals surface area contributed by atoms with Crippen LogP contribution >= 0.6 is 0 Å². The predicted octanol–water partition coefficient (Wildman–Crippen LogP) is 4.18. The molecule has 0 saturated heterocycles. The molecule has 1 aromatic carbocycles. The quantitative estimate of drug-likeness (QED) is 0.748. The number of nitrogens with zero attached hydrogens (tertiary/aromatic N) is 2. The van der Waals surface area contributed by atoms with Crippen molar-refractivity contribution in [2.45, 2.75) is 58.4 Å². The molecule has 1 amide bonds. The van der Waals surface area contributed by atoms with E-state index in [2.05, 4.69) is 28.5 Å². The van der Waals surface area contributed by atoms with Crippen LogP contribution in [0.5, 0.6) is 5.75 Å². The minimum Gasteiger partial charge on any atom is -0.497 e. The van der Waals surface area contributed by atoms with Crippen LogP contribution in [0.1, 0.15) is 50.3 Å². The summed E-state index contributed by atoms with van der Waals surface area (Å²) < 4.78 is 7.73. The van der Waals surface area contributed by atoms with Gasteiger partial charge in [-0.2, -0.15) is 0 Å². The van der Waals surface area contributed by atoms with Gasteiger partial charge in [0.15, 0.2) is 0 Å². The first-order valence-corrected chi connectivity index (χ1v) is 10.2. The van der Waals surface area contributed by atoms with Crippen LogP contribution < -0.4 is 4.74 Å². The van der Waals surface area contributed by atoms with Gasteiger partial charge in [-0.15, -0.1) is 0 Å². The van der Waals surface area contributed by atoms with Crippen LogP contribution in [-0.4, -0.2) is 35.6 Å². The van der Waals surface area contributed by atoms with Crippen molar-refractivity contribution in [2.75, 3.05) is 20.2 Å². The summed E-state index contributed by atoms with van der Waals surface area (Å²) in [6.07, 6.45) is 8.26. The zero-order valence-corrected chi connectivity index (χ0v) is 16.1. The highest BCUT2D eigenvalue weighted by atomic mass is 16.5. The van der Waals surface area contributed by atoms with Crippen molar-refractivity contribution < 1.29 is 9.53 Å². The predicted molar refractivity (Wildman–Crippen MR) is 105 cm³/mol. The Bertz CT molecular complexity index is 804. The fourth-order valence-corrected chi connectivity index (χ4v) is 4.36. The zero-order chi connectivity index (χ0) is 18.1. The largest absolute Gasteiger partial charge is 0.497 e. The monoisotopic (exact) mass is 354 g/mol. The molecular weight excluding hydrogens is 324 g/mol. The number of rotatable bonds is 7. The summed E-state index contributed by atoms with van der Waals surface area (Å²) >= 11 is 0. The Hall–Kier alpha value is -1.97. The second kappa shape index (κ2) is 7.34. The lowest BCUT2D eigenvalue weighted by Gasteiger charge is -2.24. The average Bonchev–Trinajstić information content (AvgIpc) is 3.44. The number of carbonyl (C=O) groups is 1. The van der Waals surface area contributed by atoms with Crippen LogP contribution in [-0.2, 0) is 24.2 Å². The molecule has 26 heavy (non-hydrogen) atoms. The molecule has 4 rings (SSSR count). The van der Waals surface area contributed by atoms with Gasteiger partial charge in [0, 0.05) is 30.2 Å². The molecule has 0 spiro atoms. The Morgan fingerprint density at radius 3 is 2.81 bits per heavy atom. The van der Waals surface area contributed by atoms with E-state index in [9.17, 15) is 4.79 Å². The number of aromatic nitrogens is 1. The Balaban J connectivity index is 1.68. The second-order valence-electron chi connectivity index (χ2n) is 7.88. The highest BCUT2D eigenvalue weighted by Crippen LogP contribution is 2.34. The third kappa shape index (κ3) is 3.34. The Morgan fingerprint density at radius 2 is 2.08 bits per heavy atom. The second-order valence-corrected chi connectivity index (χ2v) is 7.88. The van der Waals surface area contributed by atoms with E-state index in [1.54, 1.807) is 7.11 Å². The number of amides is 1. The van der Waals surface area contributed by atoms with Crippen molar-refractivity contribution in [3.8, 4) is 5.75 Å². The maximum atomic E-state index is 13.1. The summed E-state index contributed by atoms with van der Waals surface area (Å²) in [6.45, 7) is 4.44. The normalized spacial score (nSPS) is 16.5. The van der Waals surface area contributed by atoms with Gasteiger partial charge in [-0.3, -0.25) is 4.79 Å². The SMILES string of the molecule is CCCN(CC1CC1)C(=O)Cn1c2c(c3ccc(OC)cc31)CCCC2. The van der Waals surface area contributed by atoms with Gasteiger partial charge in [-0.1, -0.05) is 6.92 Å². The molecule has 1 fully saturated rings. The van der Waals surface area contributed by atoms with E-state index in [0.29, 0.717) is 6.54 Å². The first-order chi connectivity index (χ1) is 12.7. The molecule has 0 N–H and O–H groups in total. The van der Waals surface area contributed by atoms with E-state index >= 15 is 0 Å². The van der Waals surface area contributed by atoms with Crippen molar-refractivity contribution >= 4 is 16.8 Å². The average molecular weight is 354 g/mol. The van der Waals surface area contributed by atoms with E-state index in [1.165, 1.54) is 42.3 Å².